The largest absolute Gasteiger partial charge is 0.497 e. The van der Waals surface area contributed by atoms with E-state index in [0.717, 1.165) is 24.2 Å². The van der Waals surface area contributed by atoms with Crippen LogP contribution in [-0.4, -0.2) is 25.9 Å². The Kier molecular flexibility index (Phi) is 4.57. The minimum absolute atomic E-state index is 0.129. The van der Waals surface area contributed by atoms with Crippen molar-refractivity contribution < 1.29 is 4.74 Å². The van der Waals surface area contributed by atoms with Gasteiger partial charge in [-0.2, -0.15) is 0 Å². The monoisotopic (exact) mass is 384 g/mol. The lowest BCUT2D eigenvalue weighted by atomic mass is 10.2. The van der Waals surface area contributed by atoms with Gasteiger partial charge in [-0.25, -0.2) is 13.9 Å². The van der Waals surface area contributed by atoms with Gasteiger partial charge in [-0.1, -0.05) is 25.5 Å². The first-order valence-electron chi connectivity index (χ1n) is 8.86. The normalized spacial score (nSPS) is 11.5. The lowest BCUT2D eigenvalue weighted by Crippen LogP contribution is -2.26. The SMILES string of the molecule is CCCCn1nc2n(Cc3ccc(OC)cc3)c(=O)c3sccc3n2c1=O. The summed E-state index contributed by atoms with van der Waals surface area (Å²) in [6, 6.07) is 9.33. The Morgan fingerprint density at radius 2 is 1.93 bits per heavy atom. The summed E-state index contributed by atoms with van der Waals surface area (Å²) in [5, 5.41) is 6.31. The summed E-state index contributed by atoms with van der Waals surface area (Å²) in [4.78, 5) is 25.9. The van der Waals surface area contributed by atoms with Crippen LogP contribution in [0.3, 0.4) is 0 Å². The third-order valence-corrected chi connectivity index (χ3v) is 5.50. The highest BCUT2D eigenvalue weighted by Crippen LogP contribution is 2.18. The standard InChI is InChI=1S/C19H20N4O3S/c1-3-4-10-22-19(25)23-15-9-11-27-16(15)17(24)21(18(23)20-22)12-13-5-7-14(26-2)8-6-13/h5-9,11H,3-4,10,12H2,1-2H3. The number of ether oxygens (including phenoxy) is 1. The van der Waals surface area contributed by atoms with Crippen molar-refractivity contribution in [2.75, 3.05) is 7.11 Å². The molecule has 0 aliphatic carbocycles. The van der Waals surface area contributed by atoms with E-state index in [1.54, 1.807) is 22.1 Å². The summed E-state index contributed by atoms with van der Waals surface area (Å²) in [6.07, 6.45) is 1.83. The number of benzene rings is 1. The van der Waals surface area contributed by atoms with Crippen molar-refractivity contribution in [3.8, 4) is 5.75 Å². The van der Waals surface area contributed by atoms with Crippen LogP contribution in [-0.2, 0) is 13.1 Å². The van der Waals surface area contributed by atoms with E-state index in [1.165, 1.54) is 16.0 Å². The minimum atomic E-state index is -0.203. The molecule has 0 saturated heterocycles. The maximum Gasteiger partial charge on any atom is 0.352 e. The van der Waals surface area contributed by atoms with Crippen LogP contribution in [0.15, 0.2) is 45.3 Å². The first-order chi connectivity index (χ1) is 13.1. The van der Waals surface area contributed by atoms with Crippen LogP contribution in [0.1, 0.15) is 25.3 Å². The third kappa shape index (κ3) is 2.95. The van der Waals surface area contributed by atoms with Gasteiger partial charge >= 0.3 is 5.69 Å². The maximum atomic E-state index is 13.0. The van der Waals surface area contributed by atoms with E-state index in [4.69, 9.17) is 4.74 Å². The van der Waals surface area contributed by atoms with E-state index in [1.807, 2.05) is 29.6 Å². The van der Waals surface area contributed by atoms with Crippen LogP contribution >= 0.6 is 11.3 Å². The molecule has 140 valence electrons. The lowest BCUT2D eigenvalue weighted by Gasteiger charge is -2.08. The molecule has 0 radical (unpaired) electrons. The second-order valence-electron chi connectivity index (χ2n) is 6.37. The average molecular weight is 384 g/mol. The van der Waals surface area contributed by atoms with Crippen molar-refractivity contribution in [2.24, 2.45) is 0 Å². The molecule has 1 aromatic carbocycles. The lowest BCUT2D eigenvalue weighted by molar-refractivity contribution is 0.414. The van der Waals surface area contributed by atoms with Gasteiger partial charge in [0.15, 0.2) is 0 Å². The Hall–Kier alpha value is -2.87. The number of unbranched alkanes of at least 4 members (excludes halogenated alkanes) is 1. The molecular formula is C19H20N4O3S. The third-order valence-electron chi connectivity index (χ3n) is 4.61. The van der Waals surface area contributed by atoms with Crippen molar-refractivity contribution in [2.45, 2.75) is 32.9 Å². The number of thiophene rings is 1. The van der Waals surface area contributed by atoms with Gasteiger partial charge in [0.1, 0.15) is 10.4 Å². The first kappa shape index (κ1) is 17.5. The van der Waals surface area contributed by atoms with Crippen LogP contribution in [0.2, 0.25) is 0 Å². The highest BCUT2D eigenvalue weighted by atomic mass is 32.1. The summed E-state index contributed by atoms with van der Waals surface area (Å²) in [5.74, 6) is 1.13. The van der Waals surface area contributed by atoms with Crippen LogP contribution in [0.25, 0.3) is 16.0 Å². The predicted octanol–water partition coefficient (Wildman–Crippen LogP) is 2.73. The van der Waals surface area contributed by atoms with Crippen LogP contribution in [0.5, 0.6) is 5.75 Å². The van der Waals surface area contributed by atoms with Gasteiger partial charge in [0, 0.05) is 6.54 Å². The average Bonchev–Trinajstić information content (AvgIpc) is 3.29. The number of methoxy groups -OCH3 is 1. The summed E-state index contributed by atoms with van der Waals surface area (Å²) in [7, 11) is 1.61. The Bertz CT molecular complexity index is 1210. The predicted molar refractivity (Wildman–Crippen MR) is 106 cm³/mol. The number of aryl methyl sites for hydroxylation is 1. The molecule has 0 amide bonds. The Balaban J connectivity index is 1.92. The van der Waals surface area contributed by atoms with Crippen LogP contribution < -0.4 is 16.0 Å². The fraction of sp³-hybridized carbons (Fsp3) is 0.316. The molecule has 4 rings (SSSR count). The van der Waals surface area contributed by atoms with Gasteiger partial charge in [0.25, 0.3) is 5.56 Å². The quantitative estimate of drug-likeness (QED) is 0.512. The van der Waals surface area contributed by atoms with E-state index in [-0.39, 0.29) is 11.2 Å². The zero-order valence-corrected chi connectivity index (χ0v) is 16.0. The molecule has 0 unspecified atom stereocenters. The fourth-order valence-electron chi connectivity index (χ4n) is 3.14. The molecule has 0 bridgehead atoms. The van der Waals surface area contributed by atoms with Gasteiger partial charge in [-0.15, -0.1) is 16.4 Å². The first-order valence-corrected chi connectivity index (χ1v) is 9.74. The van der Waals surface area contributed by atoms with E-state index in [2.05, 4.69) is 12.0 Å². The maximum absolute atomic E-state index is 13.0. The highest BCUT2D eigenvalue weighted by molar-refractivity contribution is 7.17. The molecule has 0 N–H and O–H groups in total. The number of hydrogen-bond donors (Lipinski definition) is 0. The van der Waals surface area contributed by atoms with Crippen LogP contribution in [0, 0.1) is 0 Å². The van der Waals surface area contributed by atoms with Gasteiger partial charge in [-0.05, 0) is 35.6 Å². The van der Waals surface area contributed by atoms with Gasteiger partial charge < -0.3 is 4.74 Å². The number of nitrogens with zero attached hydrogens (tertiary/aromatic N) is 4. The smallest absolute Gasteiger partial charge is 0.352 e. The molecule has 0 aliphatic rings. The second-order valence-corrected chi connectivity index (χ2v) is 7.29. The number of aromatic nitrogens is 4. The van der Waals surface area contributed by atoms with E-state index >= 15 is 0 Å². The summed E-state index contributed by atoms with van der Waals surface area (Å²) in [6.45, 7) is 2.95. The Morgan fingerprint density at radius 3 is 2.63 bits per heavy atom. The molecule has 0 fully saturated rings. The van der Waals surface area contributed by atoms with E-state index in [9.17, 15) is 9.59 Å². The van der Waals surface area contributed by atoms with Crippen LogP contribution in [0.4, 0.5) is 0 Å². The Morgan fingerprint density at radius 1 is 1.15 bits per heavy atom. The second kappa shape index (κ2) is 7.03. The van der Waals surface area contributed by atoms with Gasteiger partial charge in [0.2, 0.25) is 5.78 Å². The topological polar surface area (TPSA) is 70.5 Å². The molecule has 27 heavy (non-hydrogen) atoms. The molecule has 0 atom stereocenters. The molecule has 7 nitrogen and oxygen atoms in total. The van der Waals surface area contributed by atoms with Gasteiger partial charge in [-0.3, -0.25) is 9.36 Å². The fourth-order valence-corrected chi connectivity index (χ4v) is 3.97. The van der Waals surface area contributed by atoms with Crippen molar-refractivity contribution in [1.29, 1.82) is 0 Å². The van der Waals surface area contributed by atoms with Crippen molar-refractivity contribution in [1.82, 2.24) is 18.7 Å². The number of rotatable bonds is 6. The molecule has 3 heterocycles. The highest BCUT2D eigenvalue weighted by Gasteiger charge is 2.18. The molecular weight excluding hydrogens is 364 g/mol. The van der Waals surface area contributed by atoms with Gasteiger partial charge in [0.05, 0.1) is 19.2 Å². The summed E-state index contributed by atoms with van der Waals surface area (Å²) >= 11 is 1.35. The van der Waals surface area contributed by atoms with E-state index < -0.39 is 0 Å². The zero-order valence-electron chi connectivity index (χ0n) is 15.2. The summed E-state index contributed by atoms with van der Waals surface area (Å²) in [5.41, 5.74) is 1.23. The Labute approximate surface area is 159 Å². The zero-order chi connectivity index (χ0) is 19.0. The molecule has 0 saturated carbocycles. The van der Waals surface area contributed by atoms with Crippen molar-refractivity contribution in [3.05, 3.63) is 62.1 Å². The van der Waals surface area contributed by atoms with Crippen molar-refractivity contribution >= 4 is 27.3 Å². The van der Waals surface area contributed by atoms with E-state index in [0.29, 0.717) is 29.1 Å². The minimum Gasteiger partial charge on any atom is -0.497 e. The molecule has 4 aromatic rings. The number of fused-ring (bicyclic) bond motifs is 3. The van der Waals surface area contributed by atoms with Crippen molar-refractivity contribution in [3.63, 3.8) is 0 Å². The molecule has 3 aromatic heterocycles. The molecule has 0 spiro atoms. The number of hydrogen-bond acceptors (Lipinski definition) is 5. The summed E-state index contributed by atoms with van der Waals surface area (Å²) < 4.78 is 10.3. The molecule has 8 heteroatoms. The molecule has 0 aliphatic heterocycles.